The number of rotatable bonds is 9. The van der Waals surface area contributed by atoms with Gasteiger partial charge in [-0.25, -0.2) is 4.79 Å². The molecule has 0 heterocycles. The maximum Gasteiger partial charge on any atom is 0.328 e. The van der Waals surface area contributed by atoms with Crippen molar-refractivity contribution in [2.75, 3.05) is 5.75 Å². The van der Waals surface area contributed by atoms with Crippen LogP contribution < -0.4 is 22.1 Å². The van der Waals surface area contributed by atoms with Gasteiger partial charge in [0.1, 0.15) is 6.04 Å². The summed E-state index contributed by atoms with van der Waals surface area (Å²) in [5, 5.41) is 22.4. The summed E-state index contributed by atoms with van der Waals surface area (Å²) in [6, 6.07) is -3.96. The van der Waals surface area contributed by atoms with Crippen molar-refractivity contribution in [1.29, 1.82) is 0 Å². The lowest BCUT2D eigenvalue weighted by atomic mass is 10.1. The van der Waals surface area contributed by atoms with Gasteiger partial charge in [-0.2, -0.15) is 12.6 Å². The largest absolute Gasteiger partial charge is 0.480 e. The highest BCUT2D eigenvalue weighted by atomic mass is 32.1. The van der Waals surface area contributed by atoms with E-state index in [-0.39, 0.29) is 5.75 Å². The van der Waals surface area contributed by atoms with Crippen LogP contribution in [0, 0.1) is 0 Å². The van der Waals surface area contributed by atoms with E-state index in [1.54, 1.807) is 0 Å². The van der Waals surface area contributed by atoms with Crippen LogP contribution in [-0.2, 0) is 19.2 Å². The summed E-state index contributed by atoms with van der Waals surface area (Å²) in [7, 11) is 0. The number of carboxylic acid groups (broad SMARTS) is 1. The molecular formula is C11H20N4O6S. The maximum atomic E-state index is 11.9. The van der Waals surface area contributed by atoms with Crippen LogP contribution in [0.4, 0.5) is 0 Å². The number of hydrogen-bond donors (Lipinski definition) is 7. The van der Waals surface area contributed by atoms with Crippen molar-refractivity contribution >= 4 is 36.3 Å². The fourth-order valence-corrected chi connectivity index (χ4v) is 1.68. The molecule has 0 aromatic rings. The lowest BCUT2D eigenvalue weighted by Gasteiger charge is -2.22. The van der Waals surface area contributed by atoms with E-state index < -0.39 is 54.3 Å². The summed E-state index contributed by atoms with van der Waals surface area (Å²) in [5.41, 5.74) is 10.3. The normalized spacial score (nSPS) is 16.0. The van der Waals surface area contributed by atoms with E-state index in [9.17, 15) is 24.3 Å². The van der Waals surface area contributed by atoms with Gasteiger partial charge in [0.05, 0.1) is 18.6 Å². The molecule has 4 atom stereocenters. The van der Waals surface area contributed by atoms with E-state index in [2.05, 4.69) is 23.3 Å². The van der Waals surface area contributed by atoms with Crippen molar-refractivity contribution in [3.05, 3.63) is 0 Å². The Kier molecular flexibility index (Phi) is 8.45. The van der Waals surface area contributed by atoms with Gasteiger partial charge in [-0.3, -0.25) is 14.4 Å². The Hall–Kier alpha value is -1.85. The number of amides is 3. The molecule has 0 radical (unpaired) electrons. The molecule has 0 bridgehead atoms. The van der Waals surface area contributed by atoms with Gasteiger partial charge in [-0.15, -0.1) is 0 Å². The number of nitrogens with one attached hydrogen (secondary N) is 2. The molecule has 0 fully saturated rings. The van der Waals surface area contributed by atoms with Gasteiger partial charge in [-0.1, -0.05) is 0 Å². The number of thiol groups is 1. The summed E-state index contributed by atoms with van der Waals surface area (Å²) in [5.74, 6) is -4.03. The molecule has 0 aliphatic rings. The minimum absolute atomic E-state index is 0.146. The highest BCUT2D eigenvalue weighted by Gasteiger charge is 2.29. The van der Waals surface area contributed by atoms with Crippen LogP contribution in [-0.4, -0.2) is 63.9 Å². The Morgan fingerprint density at radius 2 is 1.73 bits per heavy atom. The maximum absolute atomic E-state index is 11.9. The van der Waals surface area contributed by atoms with Gasteiger partial charge in [0.25, 0.3) is 0 Å². The third kappa shape index (κ3) is 6.74. The van der Waals surface area contributed by atoms with E-state index in [0.717, 1.165) is 0 Å². The van der Waals surface area contributed by atoms with Crippen LogP contribution in [0.2, 0.25) is 0 Å². The van der Waals surface area contributed by atoms with Crippen LogP contribution in [0.25, 0.3) is 0 Å². The monoisotopic (exact) mass is 336 g/mol. The Balaban J connectivity index is 4.75. The first-order chi connectivity index (χ1) is 10.1. The number of aliphatic carboxylic acids is 1. The average molecular weight is 336 g/mol. The van der Waals surface area contributed by atoms with Crippen molar-refractivity contribution in [2.24, 2.45) is 11.5 Å². The molecule has 0 aliphatic carbocycles. The van der Waals surface area contributed by atoms with Crippen molar-refractivity contribution in [3.63, 3.8) is 0 Å². The predicted molar refractivity (Wildman–Crippen MR) is 78.8 cm³/mol. The second-order valence-corrected chi connectivity index (χ2v) is 4.95. The van der Waals surface area contributed by atoms with E-state index >= 15 is 0 Å². The van der Waals surface area contributed by atoms with Crippen molar-refractivity contribution in [3.8, 4) is 0 Å². The first-order valence-electron chi connectivity index (χ1n) is 6.26. The molecule has 0 aromatic carbocycles. The molecule has 3 amide bonds. The third-order valence-electron chi connectivity index (χ3n) is 2.62. The number of primary amides is 1. The van der Waals surface area contributed by atoms with Crippen LogP contribution >= 0.6 is 12.6 Å². The molecule has 126 valence electrons. The summed E-state index contributed by atoms with van der Waals surface area (Å²) in [6.07, 6.45) is -1.74. The fourth-order valence-electron chi connectivity index (χ4n) is 1.42. The molecule has 0 saturated carbocycles. The Labute approximate surface area is 132 Å². The van der Waals surface area contributed by atoms with Crippen LogP contribution in [0.3, 0.4) is 0 Å². The SMILES string of the molecule is CC(O)C(NC(=O)C(CS)NC(=O)C(N)CC(N)=O)C(=O)O. The minimum Gasteiger partial charge on any atom is -0.480 e. The molecule has 0 aromatic heterocycles. The summed E-state index contributed by atoms with van der Waals surface area (Å²) in [4.78, 5) is 45.1. The molecule has 4 unspecified atom stereocenters. The lowest BCUT2D eigenvalue weighted by molar-refractivity contribution is -0.145. The molecule has 11 heteroatoms. The van der Waals surface area contributed by atoms with Gasteiger partial charge in [-0.05, 0) is 6.92 Å². The minimum atomic E-state index is -1.54. The first kappa shape index (κ1) is 20.1. The molecular weight excluding hydrogens is 316 g/mol. The second kappa shape index (κ2) is 9.23. The zero-order valence-corrected chi connectivity index (χ0v) is 12.7. The van der Waals surface area contributed by atoms with Gasteiger partial charge in [0.2, 0.25) is 17.7 Å². The van der Waals surface area contributed by atoms with Crippen molar-refractivity contribution in [2.45, 2.75) is 37.6 Å². The van der Waals surface area contributed by atoms with E-state index in [1.165, 1.54) is 6.92 Å². The van der Waals surface area contributed by atoms with Gasteiger partial charge >= 0.3 is 5.97 Å². The standard InChI is InChI=1S/C11H20N4O6S/c1-4(16)8(11(20)21)15-10(19)6(3-22)14-9(18)5(12)2-7(13)17/h4-6,8,16,22H,2-3,12H2,1H3,(H2,13,17)(H,14,18)(H,15,19)(H,20,21). The number of aliphatic hydroxyl groups is 1. The quantitative estimate of drug-likeness (QED) is 0.213. The van der Waals surface area contributed by atoms with Gasteiger partial charge in [0, 0.05) is 5.75 Å². The molecule has 10 nitrogen and oxygen atoms in total. The lowest BCUT2D eigenvalue weighted by Crippen LogP contribution is -2.57. The average Bonchev–Trinajstić information content (AvgIpc) is 2.39. The number of nitrogens with two attached hydrogens (primary N) is 2. The Morgan fingerprint density at radius 3 is 2.09 bits per heavy atom. The molecule has 8 N–H and O–H groups in total. The number of carbonyl (C=O) groups is 4. The zero-order valence-electron chi connectivity index (χ0n) is 11.9. The molecule has 0 rings (SSSR count). The second-order valence-electron chi connectivity index (χ2n) is 4.59. The van der Waals surface area contributed by atoms with Crippen LogP contribution in [0.1, 0.15) is 13.3 Å². The number of carboxylic acids is 1. The Bertz CT molecular complexity index is 444. The van der Waals surface area contributed by atoms with Gasteiger partial charge in [0.15, 0.2) is 6.04 Å². The highest BCUT2D eigenvalue weighted by molar-refractivity contribution is 7.80. The molecule has 0 aliphatic heterocycles. The predicted octanol–water partition coefficient (Wildman–Crippen LogP) is -3.45. The fraction of sp³-hybridized carbons (Fsp3) is 0.636. The molecule has 22 heavy (non-hydrogen) atoms. The molecule has 0 saturated heterocycles. The number of carbonyl (C=O) groups excluding carboxylic acids is 3. The van der Waals surface area contributed by atoms with E-state index in [4.69, 9.17) is 16.6 Å². The van der Waals surface area contributed by atoms with E-state index in [1.807, 2.05) is 0 Å². The smallest absolute Gasteiger partial charge is 0.328 e. The van der Waals surface area contributed by atoms with Crippen LogP contribution in [0.5, 0.6) is 0 Å². The third-order valence-corrected chi connectivity index (χ3v) is 2.98. The number of aliphatic hydroxyl groups excluding tert-OH is 1. The first-order valence-corrected chi connectivity index (χ1v) is 6.89. The van der Waals surface area contributed by atoms with Crippen molar-refractivity contribution in [1.82, 2.24) is 10.6 Å². The topological polar surface area (TPSA) is 185 Å². The zero-order chi connectivity index (χ0) is 17.4. The molecule has 0 spiro atoms. The van der Waals surface area contributed by atoms with Gasteiger partial charge < -0.3 is 32.3 Å². The van der Waals surface area contributed by atoms with Crippen LogP contribution in [0.15, 0.2) is 0 Å². The van der Waals surface area contributed by atoms with E-state index in [0.29, 0.717) is 0 Å². The Morgan fingerprint density at radius 1 is 1.18 bits per heavy atom. The summed E-state index contributed by atoms with van der Waals surface area (Å²) in [6.45, 7) is 1.19. The summed E-state index contributed by atoms with van der Waals surface area (Å²) >= 11 is 3.88. The highest BCUT2D eigenvalue weighted by Crippen LogP contribution is 1.98. The van der Waals surface area contributed by atoms with Crippen molar-refractivity contribution < 1.29 is 29.4 Å². The summed E-state index contributed by atoms with van der Waals surface area (Å²) < 4.78 is 0. The number of hydrogen-bond acceptors (Lipinski definition) is 7.